The molecule has 4 nitrogen and oxygen atoms in total. The molecule has 0 bridgehead atoms. The van der Waals surface area contributed by atoms with Crippen molar-refractivity contribution in [3.8, 4) is 0 Å². The van der Waals surface area contributed by atoms with Gasteiger partial charge in [0.25, 0.3) is 0 Å². The van der Waals surface area contributed by atoms with Crippen molar-refractivity contribution in [1.29, 1.82) is 0 Å². The van der Waals surface area contributed by atoms with Crippen LogP contribution < -0.4 is 4.90 Å². The fourth-order valence-corrected chi connectivity index (χ4v) is 7.77. The Hall–Kier alpha value is -1.10. The van der Waals surface area contributed by atoms with Gasteiger partial charge in [-0.15, -0.1) is 0 Å². The van der Waals surface area contributed by atoms with Crippen LogP contribution in [0.3, 0.4) is 0 Å². The van der Waals surface area contributed by atoms with Gasteiger partial charge in [-0.25, -0.2) is 0 Å². The molecule has 5 aliphatic rings. The number of nitrogens with zero attached hydrogens (tertiary/aromatic N) is 2. The Morgan fingerprint density at radius 3 is 3.00 bits per heavy atom. The standard InChI is InChI=1S/C21H28N2O2/c1-2-19-8-5-10-22-11-9-20(18(19)22)16-6-3-4-7-17(16)23-14-25-13-15(12-19)21(20,23)24/h3-4,6-7,15,18,24H,2,5,8-14H2,1H3/t15-,18-,19-,20+,21+/m0/s1. The predicted molar refractivity (Wildman–Crippen MR) is 96.4 cm³/mol. The number of para-hydroxylation sites is 1. The van der Waals surface area contributed by atoms with E-state index in [4.69, 9.17) is 4.74 Å². The van der Waals surface area contributed by atoms with E-state index in [9.17, 15) is 5.11 Å². The van der Waals surface area contributed by atoms with Crippen molar-refractivity contribution in [2.24, 2.45) is 11.3 Å². The van der Waals surface area contributed by atoms with Crippen molar-refractivity contribution in [1.82, 2.24) is 4.90 Å². The van der Waals surface area contributed by atoms with Crippen LogP contribution in [0.25, 0.3) is 0 Å². The van der Waals surface area contributed by atoms with Gasteiger partial charge in [0.2, 0.25) is 0 Å². The fourth-order valence-electron chi connectivity index (χ4n) is 7.77. The quantitative estimate of drug-likeness (QED) is 0.853. The Kier molecular flexibility index (Phi) is 2.76. The Labute approximate surface area is 149 Å². The van der Waals surface area contributed by atoms with Crippen molar-refractivity contribution < 1.29 is 9.84 Å². The second kappa shape index (κ2) is 4.59. The second-order valence-electron chi connectivity index (χ2n) is 9.05. The Morgan fingerprint density at radius 1 is 1.24 bits per heavy atom. The first-order valence-corrected chi connectivity index (χ1v) is 10.1. The van der Waals surface area contributed by atoms with Crippen LogP contribution in [0.1, 0.15) is 44.6 Å². The summed E-state index contributed by atoms with van der Waals surface area (Å²) in [4.78, 5) is 4.95. The number of fused-ring (bicyclic) bond motifs is 2. The summed E-state index contributed by atoms with van der Waals surface area (Å²) in [6, 6.07) is 9.25. The molecule has 4 heteroatoms. The van der Waals surface area contributed by atoms with Gasteiger partial charge in [-0.2, -0.15) is 0 Å². The van der Waals surface area contributed by atoms with Crippen molar-refractivity contribution in [2.45, 2.75) is 56.2 Å². The van der Waals surface area contributed by atoms with E-state index in [1.807, 2.05) is 0 Å². The highest BCUT2D eigenvalue weighted by Gasteiger charge is 2.77. The molecular formula is C21H28N2O2. The summed E-state index contributed by atoms with van der Waals surface area (Å²) < 4.78 is 6.02. The summed E-state index contributed by atoms with van der Waals surface area (Å²) in [5.41, 5.74) is 2.01. The minimum absolute atomic E-state index is 0.146. The van der Waals surface area contributed by atoms with Gasteiger partial charge >= 0.3 is 0 Å². The number of piperidine rings is 1. The lowest BCUT2D eigenvalue weighted by Gasteiger charge is -2.65. The zero-order valence-electron chi connectivity index (χ0n) is 15.1. The van der Waals surface area contributed by atoms with Crippen molar-refractivity contribution in [2.75, 3.05) is 31.3 Å². The highest BCUT2D eigenvalue weighted by Crippen LogP contribution is 2.70. The molecule has 3 saturated heterocycles. The number of anilines is 1. The van der Waals surface area contributed by atoms with Crippen LogP contribution >= 0.6 is 0 Å². The Balaban J connectivity index is 1.67. The lowest BCUT2D eigenvalue weighted by Crippen LogP contribution is -2.76. The maximum Gasteiger partial charge on any atom is 0.156 e. The van der Waals surface area contributed by atoms with Gasteiger partial charge in [-0.05, 0) is 62.2 Å². The molecule has 0 radical (unpaired) electrons. The van der Waals surface area contributed by atoms with Gasteiger partial charge in [0.15, 0.2) is 5.72 Å². The van der Waals surface area contributed by atoms with Crippen LogP contribution in [0.2, 0.25) is 0 Å². The first-order chi connectivity index (χ1) is 12.2. The molecule has 1 aromatic rings. The van der Waals surface area contributed by atoms with Crippen molar-refractivity contribution in [3.05, 3.63) is 29.8 Å². The van der Waals surface area contributed by atoms with Gasteiger partial charge in [-0.3, -0.25) is 4.90 Å². The van der Waals surface area contributed by atoms with Crippen LogP contribution in [-0.2, 0) is 10.2 Å². The number of hydrogen-bond acceptors (Lipinski definition) is 4. The molecular weight excluding hydrogens is 312 g/mol. The molecule has 1 N–H and O–H groups in total. The Bertz CT molecular complexity index is 738. The molecule has 1 aromatic carbocycles. The van der Waals surface area contributed by atoms with E-state index in [2.05, 4.69) is 41.0 Å². The monoisotopic (exact) mass is 340 g/mol. The Morgan fingerprint density at radius 2 is 2.12 bits per heavy atom. The first kappa shape index (κ1) is 15.0. The minimum atomic E-state index is -0.773. The highest BCUT2D eigenvalue weighted by molar-refractivity contribution is 5.68. The van der Waals surface area contributed by atoms with E-state index >= 15 is 0 Å². The lowest BCUT2D eigenvalue weighted by atomic mass is 9.48. The second-order valence-corrected chi connectivity index (χ2v) is 9.05. The third-order valence-corrected chi connectivity index (χ3v) is 8.53. The summed E-state index contributed by atoms with van der Waals surface area (Å²) in [7, 11) is 0. The van der Waals surface area contributed by atoms with E-state index < -0.39 is 5.72 Å². The highest BCUT2D eigenvalue weighted by atomic mass is 16.5. The largest absolute Gasteiger partial charge is 0.369 e. The van der Waals surface area contributed by atoms with E-state index in [-0.39, 0.29) is 11.3 Å². The maximum atomic E-state index is 12.4. The topological polar surface area (TPSA) is 35.9 Å². The van der Waals surface area contributed by atoms with Gasteiger partial charge < -0.3 is 14.7 Å². The van der Waals surface area contributed by atoms with Gasteiger partial charge in [0.05, 0.1) is 12.0 Å². The first-order valence-electron chi connectivity index (χ1n) is 10.1. The summed E-state index contributed by atoms with van der Waals surface area (Å²) in [6.07, 6.45) is 6.01. The van der Waals surface area contributed by atoms with Gasteiger partial charge in [0.1, 0.15) is 6.73 Å². The van der Waals surface area contributed by atoms with Crippen molar-refractivity contribution >= 4 is 5.69 Å². The molecule has 0 aromatic heterocycles. The third kappa shape index (κ3) is 1.42. The number of benzene rings is 1. The van der Waals surface area contributed by atoms with Crippen LogP contribution in [0.15, 0.2) is 24.3 Å². The molecule has 0 amide bonds. The summed E-state index contributed by atoms with van der Waals surface area (Å²) >= 11 is 0. The van der Waals surface area contributed by atoms with Crippen molar-refractivity contribution in [3.63, 3.8) is 0 Å². The van der Waals surface area contributed by atoms with E-state index in [0.29, 0.717) is 24.8 Å². The molecule has 134 valence electrons. The molecule has 4 heterocycles. The molecule has 1 saturated carbocycles. The zero-order chi connectivity index (χ0) is 16.9. The molecule has 25 heavy (non-hydrogen) atoms. The molecule has 0 unspecified atom stereocenters. The molecule has 4 fully saturated rings. The number of hydrogen-bond donors (Lipinski definition) is 1. The minimum Gasteiger partial charge on any atom is -0.369 e. The van der Waals surface area contributed by atoms with Crippen LogP contribution in [0.5, 0.6) is 0 Å². The number of ether oxygens (including phenoxy) is 1. The molecule has 1 aliphatic carbocycles. The molecule has 1 spiro atoms. The van der Waals surface area contributed by atoms with Crippen LogP contribution in [0.4, 0.5) is 5.69 Å². The number of aliphatic hydroxyl groups is 1. The molecule has 5 atom stereocenters. The lowest BCUT2D eigenvalue weighted by molar-refractivity contribution is -0.212. The normalized spacial score (nSPS) is 47.4. The average Bonchev–Trinajstić information content (AvgIpc) is 3.15. The van der Waals surface area contributed by atoms with Gasteiger partial charge in [0, 0.05) is 17.6 Å². The fraction of sp³-hybridized carbons (Fsp3) is 0.714. The van der Waals surface area contributed by atoms with E-state index in [1.165, 1.54) is 37.1 Å². The molecule has 4 aliphatic heterocycles. The SMILES string of the molecule is CC[C@]12CCCN3CC[C@@]4(c5ccccc5N5COC[C@H](C1)[C@]54O)[C@@H]32. The average molecular weight is 340 g/mol. The summed E-state index contributed by atoms with van der Waals surface area (Å²) in [6.45, 7) is 5.94. The van der Waals surface area contributed by atoms with Crippen LogP contribution in [-0.4, -0.2) is 48.2 Å². The summed E-state index contributed by atoms with van der Waals surface area (Å²) in [5.74, 6) is 0.211. The number of rotatable bonds is 1. The van der Waals surface area contributed by atoms with Gasteiger partial charge in [-0.1, -0.05) is 25.1 Å². The molecule has 6 rings (SSSR count). The van der Waals surface area contributed by atoms with E-state index in [0.717, 1.165) is 19.4 Å². The zero-order valence-corrected chi connectivity index (χ0v) is 15.1. The summed E-state index contributed by atoms with van der Waals surface area (Å²) in [5, 5.41) is 12.4. The maximum absolute atomic E-state index is 12.4. The van der Waals surface area contributed by atoms with E-state index in [1.54, 1.807) is 0 Å². The van der Waals surface area contributed by atoms with Crippen LogP contribution in [0, 0.1) is 11.3 Å². The smallest absolute Gasteiger partial charge is 0.156 e. The third-order valence-electron chi connectivity index (χ3n) is 8.53. The predicted octanol–water partition coefficient (Wildman–Crippen LogP) is 2.71.